The van der Waals surface area contributed by atoms with Crippen molar-refractivity contribution in [3.63, 3.8) is 0 Å². The van der Waals surface area contributed by atoms with Crippen molar-refractivity contribution in [2.24, 2.45) is 5.92 Å². The molecule has 2 aromatic rings. The molecular weight excluding hydrogens is 404 g/mol. The van der Waals surface area contributed by atoms with Crippen LogP contribution in [0.15, 0.2) is 54.6 Å². The van der Waals surface area contributed by atoms with E-state index in [2.05, 4.69) is 0 Å². The van der Waals surface area contributed by atoms with Gasteiger partial charge < -0.3 is 14.2 Å². The minimum absolute atomic E-state index is 0.0974. The van der Waals surface area contributed by atoms with Crippen molar-refractivity contribution in [1.82, 2.24) is 0 Å². The molecule has 0 unspecified atom stereocenters. The third kappa shape index (κ3) is 11.5. The second kappa shape index (κ2) is 15.1. The Labute approximate surface area is 192 Å². The van der Waals surface area contributed by atoms with Gasteiger partial charge in [-0.05, 0) is 48.6 Å². The highest BCUT2D eigenvalue weighted by molar-refractivity contribution is 5.69. The first-order valence-corrected chi connectivity index (χ1v) is 11.7. The summed E-state index contributed by atoms with van der Waals surface area (Å²) in [7, 11) is 0. The minimum Gasteiger partial charge on any atom is -0.465 e. The van der Waals surface area contributed by atoms with Crippen LogP contribution in [0.4, 0.5) is 0 Å². The first kappa shape index (κ1) is 25.4. The number of esters is 2. The van der Waals surface area contributed by atoms with E-state index >= 15 is 0 Å². The number of ether oxygens (including phenoxy) is 3. The maximum atomic E-state index is 11.9. The van der Waals surface area contributed by atoms with E-state index in [0.29, 0.717) is 25.4 Å². The lowest BCUT2D eigenvalue weighted by Gasteiger charge is -2.08. The lowest BCUT2D eigenvalue weighted by molar-refractivity contribution is -0.145. The summed E-state index contributed by atoms with van der Waals surface area (Å²) in [5, 5.41) is 0. The van der Waals surface area contributed by atoms with Gasteiger partial charge in [0.2, 0.25) is 0 Å². The van der Waals surface area contributed by atoms with Crippen LogP contribution in [0.2, 0.25) is 0 Å². The molecule has 0 radical (unpaired) electrons. The van der Waals surface area contributed by atoms with Crippen molar-refractivity contribution in [1.29, 1.82) is 0 Å². The van der Waals surface area contributed by atoms with Crippen LogP contribution >= 0.6 is 0 Å². The molecule has 0 saturated heterocycles. The lowest BCUT2D eigenvalue weighted by atomic mass is 10.1. The number of unbranched alkanes of at least 4 members (excludes halogenated alkanes) is 5. The maximum Gasteiger partial charge on any atom is 0.306 e. The lowest BCUT2D eigenvalue weighted by Crippen LogP contribution is -2.09. The van der Waals surface area contributed by atoms with E-state index in [1.54, 1.807) is 0 Å². The average Bonchev–Trinajstić information content (AvgIpc) is 2.79. The number of benzene rings is 2. The van der Waals surface area contributed by atoms with Gasteiger partial charge in [-0.15, -0.1) is 0 Å². The summed E-state index contributed by atoms with van der Waals surface area (Å²) in [5.41, 5.74) is 0.936. The molecule has 0 aliphatic heterocycles. The minimum atomic E-state index is -0.164. The van der Waals surface area contributed by atoms with Gasteiger partial charge in [-0.3, -0.25) is 9.59 Å². The SMILES string of the molecule is CC(C)COC(=O)CCCCCCCCC(=O)OCc1ccc(Oc2ccccc2)cc1. The molecular formula is C27H36O5. The zero-order valence-electron chi connectivity index (χ0n) is 19.4. The van der Waals surface area contributed by atoms with Gasteiger partial charge in [0, 0.05) is 12.8 Å². The Morgan fingerprint density at radius 3 is 1.81 bits per heavy atom. The number of hydrogen-bond acceptors (Lipinski definition) is 5. The highest BCUT2D eigenvalue weighted by atomic mass is 16.5. The number of carbonyl (C=O) groups is 2. The quantitative estimate of drug-likeness (QED) is 0.224. The molecule has 2 rings (SSSR count). The first-order valence-electron chi connectivity index (χ1n) is 11.7. The van der Waals surface area contributed by atoms with Crippen molar-refractivity contribution >= 4 is 11.9 Å². The number of rotatable bonds is 15. The highest BCUT2D eigenvalue weighted by Gasteiger charge is 2.06. The van der Waals surface area contributed by atoms with Crippen LogP contribution in [-0.2, 0) is 25.7 Å². The molecule has 0 aromatic heterocycles. The fourth-order valence-corrected chi connectivity index (χ4v) is 3.09. The van der Waals surface area contributed by atoms with Crippen molar-refractivity contribution in [2.45, 2.75) is 71.8 Å². The summed E-state index contributed by atoms with van der Waals surface area (Å²) < 4.78 is 16.3. The smallest absolute Gasteiger partial charge is 0.306 e. The summed E-state index contributed by atoms with van der Waals surface area (Å²) in [5.74, 6) is 1.66. The zero-order chi connectivity index (χ0) is 23.0. The fourth-order valence-electron chi connectivity index (χ4n) is 3.09. The van der Waals surface area contributed by atoms with Crippen LogP contribution in [-0.4, -0.2) is 18.5 Å². The van der Waals surface area contributed by atoms with E-state index < -0.39 is 0 Å². The Kier molecular flexibility index (Phi) is 12.0. The molecule has 0 fully saturated rings. The van der Waals surface area contributed by atoms with E-state index in [1.807, 2.05) is 68.4 Å². The van der Waals surface area contributed by atoms with E-state index in [4.69, 9.17) is 14.2 Å². The van der Waals surface area contributed by atoms with E-state index in [1.165, 1.54) is 0 Å². The summed E-state index contributed by atoms with van der Waals surface area (Å²) >= 11 is 0. The van der Waals surface area contributed by atoms with Crippen LogP contribution in [0.1, 0.15) is 70.8 Å². The van der Waals surface area contributed by atoms with Crippen LogP contribution in [0.25, 0.3) is 0 Å². The molecule has 174 valence electrons. The molecule has 0 saturated carbocycles. The molecule has 0 N–H and O–H groups in total. The Hall–Kier alpha value is -2.82. The van der Waals surface area contributed by atoms with Crippen LogP contribution in [0, 0.1) is 5.92 Å². The van der Waals surface area contributed by atoms with Gasteiger partial charge >= 0.3 is 11.9 Å². The Morgan fingerprint density at radius 2 is 1.22 bits per heavy atom. The van der Waals surface area contributed by atoms with Gasteiger partial charge in [-0.1, -0.05) is 69.9 Å². The van der Waals surface area contributed by atoms with Gasteiger partial charge in [0.25, 0.3) is 0 Å². The second-order valence-electron chi connectivity index (χ2n) is 8.42. The summed E-state index contributed by atoms with van der Waals surface area (Å²) in [6.45, 7) is 4.84. The molecule has 0 bridgehead atoms. The first-order chi connectivity index (χ1) is 15.5. The maximum absolute atomic E-state index is 11.9. The van der Waals surface area contributed by atoms with Gasteiger partial charge in [-0.2, -0.15) is 0 Å². The van der Waals surface area contributed by atoms with Gasteiger partial charge in [0.05, 0.1) is 6.61 Å². The summed E-state index contributed by atoms with van der Waals surface area (Å²) in [6, 6.07) is 17.2. The normalized spacial score (nSPS) is 10.7. The third-order valence-electron chi connectivity index (χ3n) is 4.89. The Balaban J connectivity index is 1.48. The Bertz CT molecular complexity index is 783. The van der Waals surface area contributed by atoms with Crippen LogP contribution < -0.4 is 4.74 Å². The standard InChI is InChI=1S/C27H36O5/c1-22(2)20-30-26(28)14-10-5-3-4-6-11-15-27(29)31-21-23-16-18-25(19-17-23)32-24-12-8-7-9-13-24/h7-9,12-13,16-19,22H,3-6,10-11,14-15,20-21H2,1-2H3. The molecule has 0 aliphatic carbocycles. The second-order valence-corrected chi connectivity index (χ2v) is 8.42. The largest absolute Gasteiger partial charge is 0.465 e. The molecule has 32 heavy (non-hydrogen) atoms. The Morgan fingerprint density at radius 1 is 0.688 bits per heavy atom. The predicted octanol–water partition coefficient (Wildman–Crippen LogP) is 6.84. The molecule has 0 spiro atoms. The molecule has 5 heteroatoms. The molecule has 0 aliphatic rings. The zero-order valence-corrected chi connectivity index (χ0v) is 19.4. The van der Waals surface area contributed by atoms with Crippen molar-refractivity contribution in [2.75, 3.05) is 6.61 Å². The molecule has 2 aromatic carbocycles. The number of hydrogen-bond donors (Lipinski definition) is 0. The van der Waals surface area contributed by atoms with Crippen molar-refractivity contribution in [3.05, 3.63) is 60.2 Å². The number of para-hydroxylation sites is 1. The summed E-state index contributed by atoms with van der Waals surface area (Å²) in [4.78, 5) is 23.5. The van der Waals surface area contributed by atoms with E-state index in [9.17, 15) is 9.59 Å². The van der Waals surface area contributed by atoms with Gasteiger partial charge in [0.1, 0.15) is 18.1 Å². The monoisotopic (exact) mass is 440 g/mol. The summed E-state index contributed by atoms with van der Waals surface area (Å²) in [6.07, 6.45) is 6.80. The van der Waals surface area contributed by atoms with E-state index in [-0.39, 0.29) is 18.5 Å². The van der Waals surface area contributed by atoms with Crippen LogP contribution in [0.5, 0.6) is 11.5 Å². The van der Waals surface area contributed by atoms with Crippen LogP contribution in [0.3, 0.4) is 0 Å². The third-order valence-corrected chi connectivity index (χ3v) is 4.89. The topological polar surface area (TPSA) is 61.8 Å². The molecule has 0 atom stereocenters. The van der Waals surface area contributed by atoms with E-state index in [0.717, 1.165) is 55.6 Å². The fraction of sp³-hybridized carbons (Fsp3) is 0.481. The predicted molar refractivity (Wildman–Crippen MR) is 125 cm³/mol. The number of carbonyl (C=O) groups excluding carboxylic acids is 2. The van der Waals surface area contributed by atoms with Gasteiger partial charge in [-0.25, -0.2) is 0 Å². The van der Waals surface area contributed by atoms with Crippen molar-refractivity contribution in [3.8, 4) is 11.5 Å². The average molecular weight is 441 g/mol. The molecule has 0 amide bonds. The van der Waals surface area contributed by atoms with Crippen molar-refractivity contribution < 1.29 is 23.8 Å². The highest BCUT2D eigenvalue weighted by Crippen LogP contribution is 2.21. The van der Waals surface area contributed by atoms with Gasteiger partial charge in [0.15, 0.2) is 0 Å². The molecule has 5 nitrogen and oxygen atoms in total. The molecule has 0 heterocycles.